The molecule has 0 saturated carbocycles. The predicted octanol–water partition coefficient (Wildman–Crippen LogP) is 0.437. The van der Waals surface area contributed by atoms with Gasteiger partial charge in [0.1, 0.15) is 6.61 Å². The highest BCUT2D eigenvalue weighted by atomic mass is 16.6. The molecule has 2 aliphatic rings. The van der Waals surface area contributed by atoms with Crippen LogP contribution >= 0.6 is 0 Å². The summed E-state index contributed by atoms with van der Waals surface area (Å²) in [6.45, 7) is 4.78. The monoisotopic (exact) mass is 184 g/mol. The van der Waals surface area contributed by atoms with Gasteiger partial charge in [0.05, 0.1) is 0 Å². The first kappa shape index (κ1) is 8.81. The number of carbonyl (C=O) groups excluding carboxylic acids is 1. The van der Waals surface area contributed by atoms with Crippen molar-refractivity contribution in [2.45, 2.75) is 19.4 Å². The molecule has 4 heteroatoms. The summed E-state index contributed by atoms with van der Waals surface area (Å²) in [5, 5.41) is 2.89. The van der Waals surface area contributed by atoms with E-state index in [1.807, 2.05) is 0 Å². The largest absolute Gasteiger partial charge is 0.449 e. The summed E-state index contributed by atoms with van der Waals surface area (Å²) in [6.07, 6.45) is 0.772. The molecule has 0 bridgehead atoms. The topological polar surface area (TPSA) is 41.6 Å². The van der Waals surface area contributed by atoms with Gasteiger partial charge in [-0.1, -0.05) is 6.92 Å². The first-order valence-corrected chi connectivity index (χ1v) is 4.72. The van der Waals surface area contributed by atoms with Gasteiger partial charge in [-0.25, -0.2) is 4.79 Å². The van der Waals surface area contributed by atoms with E-state index in [1.54, 1.807) is 0 Å². The molecular formula is C9H16N2O2. The lowest BCUT2D eigenvalue weighted by atomic mass is 9.77. The minimum Gasteiger partial charge on any atom is -0.449 e. The average molecular weight is 184 g/mol. The maximum Gasteiger partial charge on any atom is 0.407 e. The fourth-order valence-electron chi connectivity index (χ4n) is 2.31. The molecule has 2 aliphatic heterocycles. The van der Waals surface area contributed by atoms with Crippen LogP contribution in [0.2, 0.25) is 0 Å². The molecule has 2 saturated heterocycles. The molecule has 1 amide bonds. The highest BCUT2D eigenvalue weighted by Gasteiger charge is 2.43. The Morgan fingerprint density at radius 3 is 3.23 bits per heavy atom. The van der Waals surface area contributed by atoms with Crippen LogP contribution in [0.5, 0.6) is 0 Å². The van der Waals surface area contributed by atoms with Crippen molar-refractivity contribution in [1.29, 1.82) is 0 Å². The van der Waals surface area contributed by atoms with Crippen LogP contribution in [0.15, 0.2) is 0 Å². The van der Waals surface area contributed by atoms with E-state index in [4.69, 9.17) is 4.74 Å². The quantitative estimate of drug-likeness (QED) is 0.594. The fraction of sp³-hybridized carbons (Fsp3) is 0.889. The minimum atomic E-state index is -0.257. The Hall–Kier alpha value is -0.770. The Bertz CT molecular complexity index is 232. The number of alkyl carbamates (subject to hydrolysis) is 1. The average Bonchev–Trinajstić information content (AvgIpc) is 2.06. The summed E-state index contributed by atoms with van der Waals surface area (Å²) < 4.78 is 5.02. The molecule has 2 heterocycles. The minimum absolute atomic E-state index is 0.0981. The van der Waals surface area contributed by atoms with Crippen LogP contribution in [-0.2, 0) is 4.74 Å². The number of hydrogen-bond acceptors (Lipinski definition) is 3. The van der Waals surface area contributed by atoms with Gasteiger partial charge in [-0.2, -0.15) is 0 Å². The van der Waals surface area contributed by atoms with Gasteiger partial charge < -0.3 is 15.0 Å². The van der Waals surface area contributed by atoms with E-state index in [9.17, 15) is 4.79 Å². The molecule has 0 aromatic rings. The van der Waals surface area contributed by atoms with Gasteiger partial charge in [0.25, 0.3) is 0 Å². The maximum atomic E-state index is 11.0. The number of amides is 1. The lowest BCUT2D eigenvalue weighted by Crippen LogP contribution is -2.61. The van der Waals surface area contributed by atoms with E-state index in [1.165, 1.54) is 0 Å². The van der Waals surface area contributed by atoms with Crippen LogP contribution in [0.25, 0.3) is 0 Å². The van der Waals surface area contributed by atoms with Crippen molar-refractivity contribution in [1.82, 2.24) is 10.2 Å². The van der Waals surface area contributed by atoms with Crippen LogP contribution in [0.1, 0.15) is 13.3 Å². The number of nitrogens with one attached hydrogen (secondary N) is 1. The SMILES string of the molecule is CN1CCC2NC(=O)OCC2(C)C1. The molecule has 0 aromatic heterocycles. The van der Waals surface area contributed by atoms with Gasteiger partial charge >= 0.3 is 6.09 Å². The Morgan fingerprint density at radius 1 is 1.69 bits per heavy atom. The van der Waals surface area contributed by atoms with Crippen LogP contribution < -0.4 is 5.32 Å². The summed E-state index contributed by atoms with van der Waals surface area (Å²) >= 11 is 0. The van der Waals surface area contributed by atoms with Gasteiger partial charge in [0.15, 0.2) is 0 Å². The molecule has 0 spiro atoms. The third kappa shape index (κ3) is 1.50. The molecule has 2 rings (SSSR count). The van der Waals surface area contributed by atoms with Crippen molar-refractivity contribution in [3.05, 3.63) is 0 Å². The van der Waals surface area contributed by atoms with E-state index in [2.05, 4.69) is 24.2 Å². The number of ether oxygens (including phenoxy) is 1. The summed E-state index contributed by atoms with van der Waals surface area (Å²) in [5.41, 5.74) is 0.0981. The van der Waals surface area contributed by atoms with Crippen LogP contribution in [0.4, 0.5) is 4.79 Å². The normalized spacial score (nSPS) is 40.5. The number of piperidine rings is 1. The molecular weight excluding hydrogens is 168 g/mol. The van der Waals surface area contributed by atoms with Crippen molar-refractivity contribution < 1.29 is 9.53 Å². The molecule has 74 valence electrons. The summed E-state index contributed by atoms with van der Waals surface area (Å²) in [6, 6.07) is 0.296. The summed E-state index contributed by atoms with van der Waals surface area (Å²) in [4.78, 5) is 13.3. The van der Waals surface area contributed by atoms with E-state index >= 15 is 0 Å². The zero-order valence-corrected chi connectivity index (χ0v) is 8.17. The summed E-state index contributed by atoms with van der Waals surface area (Å²) in [7, 11) is 2.11. The molecule has 2 atom stereocenters. The highest BCUT2D eigenvalue weighted by Crippen LogP contribution is 2.31. The lowest BCUT2D eigenvalue weighted by molar-refractivity contribution is -0.0153. The molecule has 4 nitrogen and oxygen atoms in total. The van der Waals surface area contributed by atoms with Crippen LogP contribution in [-0.4, -0.2) is 43.8 Å². The zero-order chi connectivity index (χ0) is 9.47. The first-order chi connectivity index (χ1) is 6.10. The second kappa shape index (κ2) is 2.87. The van der Waals surface area contributed by atoms with Crippen LogP contribution in [0.3, 0.4) is 0 Å². The number of nitrogens with zero attached hydrogens (tertiary/aromatic N) is 1. The van der Waals surface area contributed by atoms with E-state index in [0.717, 1.165) is 19.5 Å². The van der Waals surface area contributed by atoms with Crippen molar-refractivity contribution in [2.24, 2.45) is 5.41 Å². The standard InChI is InChI=1S/C9H16N2O2/c1-9-5-11(2)4-3-7(9)10-8(12)13-6-9/h7H,3-6H2,1-2H3,(H,10,12). The van der Waals surface area contributed by atoms with Crippen molar-refractivity contribution in [3.63, 3.8) is 0 Å². The van der Waals surface area contributed by atoms with E-state index in [-0.39, 0.29) is 11.5 Å². The molecule has 2 fully saturated rings. The lowest BCUT2D eigenvalue weighted by Gasteiger charge is -2.47. The fourth-order valence-corrected chi connectivity index (χ4v) is 2.31. The van der Waals surface area contributed by atoms with E-state index in [0.29, 0.717) is 12.6 Å². The smallest absolute Gasteiger partial charge is 0.407 e. The van der Waals surface area contributed by atoms with Gasteiger partial charge in [0, 0.05) is 18.0 Å². The van der Waals surface area contributed by atoms with Gasteiger partial charge in [-0.05, 0) is 20.0 Å². The van der Waals surface area contributed by atoms with Crippen LogP contribution in [0, 0.1) is 5.41 Å². The number of cyclic esters (lactones) is 1. The molecule has 2 unspecified atom stereocenters. The van der Waals surface area contributed by atoms with Crippen molar-refractivity contribution >= 4 is 6.09 Å². The van der Waals surface area contributed by atoms with E-state index < -0.39 is 0 Å². The van der Waals surface area contributed by atoms with Gasteiger partial charge in [0.2, 0.25) is 0 Å². The predicted molar refractivity (Wildman–Crippen MR) is 48.5 cm³/mol. The van der Waals surface area contributed by atoms with Crippen molar-refractivity contribution in [3.8, 4) is 0 Å². The Morgan fingerprint density at radius 2 is 2.46 bits per heavy atom. The van der Waals surface area contributed by atoms with Gasteiger partial charge in [-0.3, -0.25) is 0 Å². The number of rotatable bonds is 0. The van der Waals surface area contributed by atoms with Gasteiger partial charge in [-0.15, -0.1) is 0 Å². The number of fused-ring (bicyclic) bond motifs is 1. The Labute approximate surface area is 78.2 Å². The van der Waals surface area contributed by atoms with Crippen molar-refractivity contribution in [2.75, 3.05) is 26.7 Å². The third-order valence-corrected chi connectivity index (χ3v) is 3.10. The second-order valence-corrected chi connectivity index (χ2v) is 4.45. The first-order valence-electron chi connectivity index (χ1n) is 4.72. The highest BCUT2D eigenvalue weighted by molar-refractivity contribution is 5.68. The molecule has 13 heavy (non-hydrogen) atoms. The zero-order valence-electron chi connectivity index (χ0n) is 8.17. The molecule has 0 aromatic carbocycles. The maximum absolute atomic E-state index is 11.0. The molecule has 0 aliphatic carbocycles. The number of hydrogen-bond donors (Lipinski definition) is 1. The Kier molecular flexibility index (Phi) is 1.95. The number of likely N-dealkylation sites (tertiary alicyclic amines) is 1. The third-order valence-electron chi connectivity index (χ3n) is 3.10. The second-order valence-electron chi connectivity index (χ2n) is 4.45. The number of carbonyl (C=O) groups is 1. The molecule has 1 N–H and O–H groups in total. The molecule has 0 radical (unpaired) electrons. The Balaban J connectivity index is 2.11. The summed E-state index contributed by atoms with van der Waals surface area (Å²) in [5.74, 6) is 0.